The second kappa shape index (κ2) is 6.26. The maximum absolute atomic E-state index is 12.6. The number of likely N-dealkylation sites (tertiary alicyclic amines) is 1. The molecule has 0 radical (unpaired) electrons. The summed E-state index contributed by atoms with van der Waals surface area (Å²) < 4.78 is 0. The third-order valence-corrected chi connectivity index (χ3v) is 3.90. The predicted molar refractivity (Wildman–Crippen MR) is 76.2 cm³/mol. The molecule has 2 rings (SSSR count). The first kappa shape index (κ1) is 14.2. The van der Waals surface area contributed by atoms with Crippen molar-refractivity contribution < 1.29 is 9.90 Å². The molecule has 0 spiro atoms. The summed E-state index contributed by atoms with van der Waals surface area (Å²) in [6, 6.07) is 4.79. The Hall–Kier alpha value is -1.26. The van der Waals surface area contributed by atoms with E-state index in [1.807, 2.05) is 0 Å². The molecule has 1 unspecified atom stereocenters. The number of nitrogens with zero attached hydrogens (tertiary/aromatic N) is 1. The van der Waals surface area contributed by atoms with E-state index in [4.69, 9.17) is 17.3 Å². The molecule has 1 saturated heterocycles. The van der Waals surface area contributed by atoms with E-state index in [-0.39, 0.29) is 18.6 Å². The first-order chi connectivity index (χ1) is 9.13. The summed E-state index contributed by atoms with van der Waals surface area (Å²) in [7, 11) is 0. The molecule has 0 aromatic heterocycles. The fourth-order valence-corrected chi connectivity index (χ4v) is 2.69. The fraction of sp³-hybridized carbons (Fsp3) is 0.500. The van der Waals surface area contributed by atoms with Gasteiger partial charge in [0.2, 0.25) is 0 Å². The first-order valence-corrected chi connectivity index (χ1v) is 6.98. The molecule has 19 heavy (non-hydrogen) atoms. The van der Waals surface area contributed by atoms with Crippen LogP contribution in [0.4, 0.5) is 5.69 Å². The minimum absolute atomic E-state index is 0.00826. The third-order valence-electron chi connectivity index (χ3n) is 3.57. The highest BCUT2D eigenvalue weighted by Crippen LogP contribution is 2.24. The number of carbonyl (C=O) groups is 1. The molecule has 4 nitrogen and oxygen atoms in total. The summed E-state index contributed by atoms with van der Waals surface area (Å²) in [6.07, 6.45) is 3.93. The van der Waals surface area contributed by atoms with Gasteiger partial charge < -0.3 is 15.7 Å². The second-order valence-corrected chi connectivity index (χ2v) is 5.33. The minimum Gasteiger partial charge on any atom is -0.399 e. The third kappa shape index (κ3) is 3.19. The highest BCUT2D eigenvalue weighted by Gasteiger charge is 2.26. The lowest BCUT2D eigenvalue weighted by atomic mass is 10.1. The number of hydrogen-bond acceptors (Lipinski definition) is 3. The average molecular weight is 283 g/mol. The minimum atomic E-state index is -0.141. The number of aliphatic hydroxyl groups is 1. The van der Waals surface area contributed by atoms with Gasteiger partial charge in [0.15, 0.2) is 0 Å². The zero-order valence-corrected chi connectivity index (χ0v) is 11.6. The lowest BCUT2D eigenvalue weighted by Crippen LogP contribution is -2.42. The Morgan fingerprint density at radius 1 is 1.42 bits per heavy atom. The largest absolute Gasteiger partial charge is 0.399 e. The van der Waals surface area contributed by atoms with E-state index in [9.17, 15) is 9.90 Å². The van der Waals surface area contributed by atoms with Crippen LogP contribution < -0.4 is 5.73 Å². The Morgan fingerprint density at radius 3 is 2.95 bits per heavy atom. The van der Waals surface area contributed by atoms with Crippen molar-refractivity contribution >= 4 is 23.2 Å². The number of halogens is 1. The predicted octanol–water partition coefficient (Wildman–Crippen LogP) is 2.30. The molecular weight excluding hydrogens is 264 g/mol. The number of anilines is 1. The van der Waals surface area contributed by atoms with Crippen molar-refractivity contribution in [1.82, 2.24) is 4.90 Å². The van der Waals surface area contributed by atoms with Gasteiger partial charge >= 0.3 is 0 Å². The Kier molecular flexibility index (Phi) is 4.66. The van der Waals surface area contributed by atoms with Crippen LogP contribution in [0.15, 0.2) is 18.2 Å². The van der Waals surface area contributed by atoms with Gasteiger partial charge in [-0.05, 0) is 31.0 Å². The summed E-state index contributed by atoms with van der Waals surface area (Å²) in [5, 5.41) is 9.86. The van der Waals surface area contributed by atoms with Crippen molar-refractivity contribution in [3.05, 3.63) is 28.8 Å². The topological polar surface area (TPSA) is 66.6 Å². The lowest BCUT2D eigenvalue weighted by molar-refractivity contribution is 0.0600. The van der Waals surface area contributed by atoms with E-state index in [2.05, 4.69) is 0 Å². The standard InChI is InChI=1S/C14H19ClN2O2/c15-13-6-5-10(16)8-12(13)14(19)17-7-3-1-2-4-11(17)9-18/h5-6,8,11,18H,1-4,7,9,16H2. The maximum Gasteiger partial charge on any atom is 0.255 e. The number of hydrogen-bond donors (Lipinski definition) is 2. The van der Waals surface area contributed by atoms with Crippen LogP contribution in [0.1, 0.15) is 36.0 Å². The molecule has 1 amide bonds. The number of carbonyl (C=O) groups excluding carboxylic acids is 1. The van der Waals surface area contributed by atoms with Gasteiger partial charge in [-0.15, -0.1) is 0 Å². The molecule has 3 N–H and O–H groups in total. The van der Waals surface area contributed by atoms with Crippen molar-refractivity contribution in [1.29, 1.82) is 0 Å². The summed E-state index contributed by atoms with van der Waals surface area (Å²) in [4.78, 5) is 14.3. The van der Waals surface area contributed by atoms with Crippen LogP contribution in [0.2, 0.25) is 5.02 Å². The molecule has 1 aliphatic heterocycles. The molecule has 0 aliphatic carbocycles. The van der Waals surface area contributed by atoms with Crippen LogP contribution >= 0.6 is 11.6 Å². The quantitative estimate of drug-likeness (QED) is 0.818. The normalized spacial score (nSPS) is 20.1. The van der Waals surface area contributed by atoms with Crippen molar-refractivity contribution in [3.63, 3.8) is 0 Å². The van der Waals surface area contributed by atoms with Crippen LogP contribution in [0, 0.1) is 0 Å². The van der Waals surface area contributed by atoms with E-state index in [0.29, 0.717) is 22.8 Å². The number of amides is 1. The Balaban J connectivity index is 2.27. The van der Waals surface area contributed by atoms with E-state index in [1.165, 1.54) is 0 Å². The molecule has 1 aromatic rings. The number of aliphatic hydroxyl groups excluding tert-OH is 1. The number of rotatable bonds is 2. The summed E-state index contributed by atoms with van der Waals surface area (Å²) in [5.41, 5.74) is 6.65. The Morgan fingerprint density at radius 2 is 2.21 bits per heavy atom. The molecule has 5 heteroatoms. The molecule has 1 heterocycles. The summed E-state index contributed by atoms with van der Waals surface area (Å²) in [6.45, 7) is 0.654. The number of benzene rings is 1. The number of nitrogen functional groups attached to an aromatic ring is 1. The fourth-order valence-electron chi connectivity index (χ4n) is 2.50. The van der Waals surface area contributed by atoms with Crippen LogP contribution in [0.25, 0.3) is 0 Å². The van der Waals surface area contributed by atoms with Crippen molar-refractivity contribution in [3.8, 4) is 0 Å². The second-order valence-electron chi connectivity index (χ2n) is 4.92. The van der Waals surface area contributed by atoms with Gasteiger partial charge in [0.05, 0.1) is 23.2 Å². The van der Waals surface area contributed by atoms with Crippen molar-refractivity contribution in [2.45, 2.75) is 31.7 Å². The monoisotopic (exact) mass is 282 g/mol. The average Bonchev–Trinajstić information content (AvgIpc) is 2.65. The summed E-state index contributed by atoms with van der Waals surface area (Å²) in [5.74, 6) is -0.141. The van der Waals surface area contributed by atoms with E-state index in [0.717, 1.165) is 25.7 Å². The molecule has 0 bridgehead atoms. The van der Waals surface area contributed by atoms with Crippen LogP contribution in [-0.4, -0.2) is 35.1 Å². The molecule has 1 aliphatic rings. The van der Waals surface area contributed by atoms with Crippen molar-refractivity contribution in [2.75, 3.05) is 18.9 Å². The zero-order chi connectivity index (χ0) is 13.8. The van der Waals surface area contributed by atoms with Crippen molar-refractivity contribution in [2.24, 2.45) is 0 Å². The van der Waals surface area contributed by atoms with Gasteiger partial charge in [-0.2, -0.15) is 0 Å². The van der Waals surface area contributed by atoms with Gasteiger partial charge in [-0.3, -0.25) is 4.79 Å². The molecule has 1 fully saturated rings. The van der Waals surface area contributed by atoms with Crippen LogP contribution in [0.5, 0.6) is 0 Å². The zero-order valence-electron chi connectivity index (χ0n) is 10.8. The SMILES string of the molecule is Nc1ccc(Cl)c(C(=O)N2CCCCCC2CO)c1. The highest BCUT2D eigenvalue weighted by atomic mass is 35.5. The van der Waals surface area contributed by atoms with Gasteiger partial charge in [-0.25, -0.2) is 0 Å². The highest BCUT2D eigenvalue weighted by molar-refractivity contribution is 6.34. The van der Waals surface area contributed by atoms with Crippen LogP contribution in [-0.2, 0) is 0 Å². The Labute approximate surface area is 118 Å². The molecule has 0 saturated carbocycles. The van der Waals surface area contributed by atoms with Crippen LogP contribution in [0.3, 0.4) is 0 Å². The lowest BCUT2D eigenvalue weighted by Gasteiger charge is -2.29. The molecule has 1 aromatic carbocycles. The smallest absolute Gasteiger partial charge is 0.255 e. The molecule has 104 valence electrons. The first-order valence-electron chi connectivity index (χ1n) is 6.60. The van der Waals surface area contributed by atoms with E-state index < -0.39 is 0 Å². The van der Waals surface area contributed by atoms with E-state index >= 15 is 0 Å². The van der Waals surface area contributed by atoms with Gasteiger partial charge in [0, 0.05) is 12.2 Å². The Bertz CT molecular complexity index is 465. The number of nitrogens with two attached hydrogens (primary N) is 1. The van der Waals surface area contributed by atoms with Gasteiger partial charge in [-0.1, -0.05) is 24.4 Å². The summed E-state index contributed by atoms with van der Waals surface area (Å²) >= 11 is 6.08. The van der Waals surface area contributed by atoms with Gasteiger partial charge in [0.1, 0.15) is 0 Å². The molecular formula is C14H19ClN2O2. The van der Waals surface area contributed by atoms with Gasteiger partial charge in [0.25, 0.3) is 5.91 Å². The molecule has 1 atom stereocenters. The van der Waals surface area contributed by atoms with E-state index in [1.54, 1.807) is 23.1 Å². The maximum atomic E-state index is 12.6.